The van der Waals surface area contributed by atoms with E-state index in [1.54, 1.807) is 30.3 Å². The fraction of sp³-hybridized carbons (Fsp3) is 0.480. The summed E-state index contributed by atoms with van der Waals surface area (Å²) in [5, 5.41) is 11.2. The molecule has 0 amide bonds. The van der Waals surface area contributed by atoms with E-state index in [1.165, 1.54) is 12.1 Å². The zero-order valence-corrected chi connectivity index (χ0v) is 21.2. The molecule has 0 aliphatic rings. The van der Waals surface area contributed by atoms with Crippen molar-refractivity contribution in [1.82, 2.24) is 4.72 Å². The van der Waals surface area contributed by atoms with Crippen molar-refractivity contribution in [2.45, 2.75) is 69.2 Å². The van der Waals surface area contributed by atoms with Crippen molar-refractivity contribution in [2.24, 2.45) is 0 Å². The SMILES string of the molecule is CCCCC(C=O)(CCCC)NS(=O)(=O)c1ccc(N(C)C)cc1Cc1cccc([N+](=O)[O-])c1. The van der Waals surface area contributed by atoms with E-state index in [2.05, 4.69) is 4.72 Å². The Balaban J connectivity index is 2.53. The van der Waals surface area contributed by atoms with Crippen LogP contribution in [-0.2, 0) is 21.2 Å². The van der Waals surface area contributed by atoms with Gasteiger partial charge in [-0.25, -0.2) is 8.42 Å². The summed E-state index contributed by atoms with van der Waals surface area (Å²) in [6.45, 7) is 4.00. The number of non-ortho nitro benzene ring substituents is 1. The molecule has 0 saturated carbocycles. The monoisotopic (exact) mass is 489 g/mol. The highest BCUT2D eigenvalue weighted by Gasteiger charge is 2.35. The predicted molar refractivity (Wildman–Crippen MR) is 135 cm³/mol. The molecule has 186 valence electrons. The number of nitro groups is 1. The highest BCUT2D eigenvalue weighted by molar-refractivity contribution is 7.89. The lowest BCUT2D eigenvalue weighted by molar-refractivity contribution is -0.384. The summed E-state index contributed by atoms with van der Waals surface area (Å²) in [6.07, 6.45) is 4.94. The molecule has 9 heteroatoms. The Kier molecular flexibility index (Phi) is 9.76. The van der Waals surface area contributed by atoms with Gasteiger partial charge >= 0.3 is 0 Å². The number of hydrogen-bond acceptors (Lipinski definition) is 6. The normalized spacial score (nSPS) is 11.9. The Hall–Kier alpha value is -2.78. The van der Waals surface area contributed by atoms with Gasteiger partial charge in [0, 0.05) is 31.9 Å². The topological polar surface area (TPSA) is 110 Å². The molecule has 0 radical (unpaired) electrons. The number of nitrogens with zero attached hydrogens (tertiary/aromatic N) is 2. The summed E-state index contributed by atoms with van der Waals surface area (Å²) in [6, 6.07) is 11.2. The molecule has 0 heterocycles. The smallest absolute Gasteiger partial charge is 0.269 e. The minimum absolute atomic E-state index is 0.0529. The van der Waals surface area contributed by atoms with Crippen LogP contribution in [0.4, 0.5) is 11.4 Å². The molecule has 2 aromatic rings. The molecule has 0 saturated heterocycles. The van der Waals surface area contributed by atoms with Crippen molar-refractivity contribution < 1.29 is 18.1 Å². The average molecular weight is 490 g/mol. The maximum atomic E-state index is 13.6. The molecular formula is C25H35N3O5S. The number of nitrogens with one attached hydrogen (secondary N) is 1. The van der Waals surface area contributed by atoms with Crippen LogP contribution >= 0.6 is 0 Å². The highest BCUT2D eigenvalue weighted by Crippen LogP contribution is 2.28. The number of nitro benzene ring substituents is 1. The van der Waals surface area contributed by atoms with Crippen molar-refractivity contribution >= 4 is 27.7 Å². The number of aldehydes is 1. The van der Waals surface area contributed by atoms with Crippen LogP contribution in [0, 0.1) is 10.1 Å². The van der Waals surface area contributed by atoms with E-state index < -0.39 is 20.5 Å². The molecule has 0 atom stereocenters. The molecule has 0 aliphatic heterocycles. The largest absolute Gasteiger partial charge is 0.378 e. The highest BCUT2D eigenvalue weighted by atomic mass is 32.2. The zero-order valence-electron chi connectivity index (χ0n) is 20.4. The van der Waals surface area contributed by atoms with E-state index in [-0.39, 0.29) is 17.0 Å². The molecule has 0 unspecified atom stereocenters. The number of sulfonamides is 1. The molecule has 2 aromatic carbocycles. The maximum Gasteiger partial charge on any atom is 0.269 e. The number of benzene rings is 2. The quantitative estimate of drug-likeness (QED) is 0.231. The number of unbranched alkanes of at least 4 members (excludes halogenated alkanes) is 2. The Bertz CT molecular complexity index is 1090. The minimum Gasteiger partial charge on any atom is -0.378 e. The first-order valence-corrected chi connectivity index (χ1v) is 13.1. The number of hydrogen-bond donors (Lipinski definition) is 1. The van der Waals surface area contributed by atoms with Crippen LogP contribution in [0.5, 0.6) is 0 Å². The van der Waals surface area contributed by atoms with Gasteiger partial charge in [0.15, 0.2) is 0 Å². The summed E-state index contributed by atoms with van der Waals surface area (Å²) in [4.78, 5) is 24.8. The number of rotatable bonds is 14. The van der Waals surface area contributed by atoms with Crippen LogP contribution in [0.25, 0.3) is 0 Å². The van der Waals surface area contributed by atoms with Gasteiger partial charge in [-0.2, -0.15) is 4.72 Å². The molecule has 8 nitrogen and oxygen atoms in total. The second-order valence-corrected chi connectivity index (χ2v) is 10.5. The lowest BCUT2D eigenvalue weighted by Crippen LogP contribution is -2.50. The number of carbonyl (C=O) groups excluding carboxylic acids is 1. The Morgan fingerprint density at radius 2 is 1.71 bits per heavy atom. The fourth-order valence-electron chi connectivity index (χ4n) is 3.92. The first kappa shape index (κ1) is 27.5. The molecule has 2 rings (SSSR count). The van der Waals surface area contributed by atoms with Crippen molar-refractivity contribution in [3.63, 3.8) is 0 Å². The summed E-state index contributed by atoms with van der Waals surface area (Å²) in [5.74, 6) is 0. The summed E-state index contributed by atoms with van der Waals surface area (Å²) in [5.41, 5.74) is 0.722. The molecule has 0 bridgehead atoms. The molecule has 0 aliphatic carbocycles. The second kappa shape index (κ2) is 12.1. The maximum absolute atomic E-state index is 13.6. The van der Waals surface area contributed by atoms with Gasteiger partial charge in [0.25, 0.3) is 5.69 Å². The first-order valence-electron chi connectivity index (χ1n) is 11.6. The van der Waals surface area contributed by atoms with Crippen LogP contribution in [-0.4, -0.2) is 39.3 Å². The second-order valence-electron chi connectivity index (χ2n) is 8.88. The van der Waals surface area contributed by atoms with E-state index >= 15 is 0 Å². The van der Waals surface area contributed by atoms with Gasteiger partial charge < -0.3 is 9.69 Å². The van der Waals surface area contributed by atoms with E-state index in [0.717, 1.165) is 37.7 Å². The summed E-state index contributed by atoms with van der Waals surface area (Å²) < 4.78 is 29.9. The van der Waals surface area contributed by atoms with Crippen molar-refractivity contribution in [3.8, 4) is 0 Å². The van der Waals surface area contributed by atoms with Crippen molar-refractivity contribution in [2.75, 3.05) is 19.0 Å². The van der Waals surface area contributed by atoms with Crippen molar-refractivity contribution in [1.29, 1.82) is 0 Å². The van der Waals surface area contributed by atoms with E-state index in [4.69, 9.17) is 0 Å². The third-order valence-corrected chi connectivity index (χ3v) is 7.53. The summed E-state index contributed by atoms with van der Waals surface area (Å²) >= 11 is 0. The summed E-state index contributed by atoms with van der Waals surface area (Å²) in [7, 11) is -0.338. The first-order chi connectivity index (χ1) is 16.1. The van der Waals surface area contributed by atoms with Crippen molar-refractivity contribution in [3.05, 3.63) is 63.7 Å². The minimum atomic E-state index is -4.04. The van der Waals surface area contributed by atoms with Gasteiger partial charge in [0.2, 0.25) is 10.0 Å². The Morgan fingerprint density at radius 1 is 1.06 bits per heavy atom. The molecular weight excluding hydrogens is 454 g/mol. The van der Waals surface area contributed by atoms with E-state index in [9.17, 15) is 23.3 Å². The van der Waals surface area contributed by atoms with Gasteiger partial charge in [0.1, 0.15) is 6.29 Å². The van der Waals surface area contributed by atoms with Gasteiger partial charge in [-0.15, -0.1) is 0 Å². The third-order valence-electron chi connectivity index (χ3n) is 5.88. The van der Waals surface area contributed by atoms with E-state index in [0.29, 0.717) is 24.0 Å². The molecule has 0 fully saturated rings. The van der Waals surface area contributed by atoms with Gasteiger partial charge in [-0.05, 0) is 48.6 Å². The zero-order chi connectivity index (χ0) is 25.4. The molecule has 0 aromatic heterocycles. The van der Waals surface area contributed by atoms with E-state index in [1.807, 2.05) is 32.8 Å². The van der Waals surface area contributed by atoms with Crippen LogP contribution in [0.3, 0.4) is 0 Å². The van der Waals surface area contributed by atoms with Gasteiger partial charge in [0.05, 0.1) is 15.4 Å². The van der Waals surface area contributed by atoms with Gasteiger partial charge in [-0.1, -0.05) is 51.7 Å². The molecule has 34 heavy (non-hydrogen) atoms. The van der Waals surface area contributed by atoms with Gasteiger partial charge in [-0.3, -0.25) is 10.1 Å². The molecule has 0 spiro atoms. The third kappa shape index (κ3) is 7.11. The number of anilines is 1. The Morgan fingerprint density at radius 3 is 2.24 bits per heavy atom. The van der Waals surface area contributed by atoms with Crippen LogP contribution < -0.4 is 9.62 Å². The lowest BCUT2D eigenvalue weighted by Gasteiger charge is -2.29. The predicted octanol–water partition coefficient (Wildman–Crippen LogP) is 4.85. The molecule has 1 N–H and O–H groups in total. The average Bonchev–Trinajstić information content (AvgIpc) is 2.80. The lowest BCUT2D eigenvalue weighted by atomic mass is 9.90. The standard InChI is InChI=1S/C25H35N3O5S/c1-5-7-14-25(19-29,15-8-6-2)26-34(32,33)24-13-12-22(27(3)4)18-21(24)16-20-10-9-11-23(17-20)28(30)31/h9-13,17-19,26H,5-8,14-16H2,1-4H3. The van der Waals surface area contributed by atoms with Crippen LogP contribution in [0.1, 0.15) is 63.5 Å². The van der Waals surface area contributed by atoms with Crippen LogP contribution in [0.2, 0.25) is 0 Å². The number of carbonyl (C=O) groups is 1. The fourth-order valence-corrected chi connectivity index (χ4v) is 5.54. The van der Waals surface area contributed by atoms with Crippen LogP contribution in [0.15, 0.2) is 47.4 Å². The Labute approximate surface area is 202 Å².